The minimum absolute atomic E-state index is 0.0937. The predicted molar refractivity (Wildman–Crippen MR) is 128 cm³/mol. The van der Waals surface area contributed by atoms with Crippen LogP contribution >= 0.6 is 11.6 Å². The average Bonchev–Trinajstić information content (AvgIpc) is 3.47. The largest absolute Gasteiger partial charge is 0.495 e. The van der Waals surface area contributed by atoms with E-state index < -0.39 is 18.5 Å². The van der Waals surface area contributed by atoms with E-state index in [0.717, 1.165) is 6.42 Å². The van der Waals surface area contributed by atoms with Gasteiger partial charge in [0.2, 0.25) is 11.8 Å². The maximum atomic E-state index is 13.2. The Morgan fingerprint density at radius 1 is 1.11 bits per heavy atom. The molecule has 3 aliphatic rings. The van der Waals surface area contributed by atoms with Crippen molar-refractivity contribution in [2.24, 2.45) is 23.7 Å². The fraction of sp³-hybridized carbons (Fsp3) is 0.308. The lowest BCUT2D eigenvalue weighted by molar-refractivity contribution is -0.123. The molecule has 8 nitrogen and oxygen atoms in total. The predicted octanol–water partition coefficient (Wildman–Crippen LogP) is 3.85. The van der Waals surface area contributed by atoms with Crippen LogP contribution in [0.25, 0.3) is 0 Å². The summed E-state index contributed by atoms with van der Waals surface area (Å²) >= 11 is 5.96. The van der Waals surface area contributed by atoms with Gasteiger partial charge < -0.3 is 14.8 Å². The van der Waals surface area contributed by atoms with Gasteiger partial charge in [-0.2, -0.15) is 0 Å². The quantitative estimate of drug-likeness (QED) is 0.372. The fourth-order valence-electron chi connectivity index (χ4n) is 5.48. The molecule has 4 atom stereocenters. The van der Waals surface area contributed by atoms with Crippen molar-refractivity contribution < 1.29 is 28.7 Å². The number of ether oxygens (including phenoxy) is 2. The van der Waals surface area contributed by atoms with Crippen molar-refractivity contribution in [3.8, 4) is 5.75 Å². The van der Waals surface area contributed by atoms with Crippen molar-refractivity contribution in [3.63, 3.8) is 0 Å². The average molecular weight is 495 g/mol. The number of benzene rings is 2. The van der Waals surface area contributed by atoms with Crippen LogP contribution in [0.5, 0.6) is 5.75 Å². The molecule has 1 saturated carbocycles. The summed E-state index contributed by atoms with van der Waals surface area (Å²) in [4.78, 5) is 52.4. The number of methoxy groups -OCH3 is 1. The minimum Gasteiger partial charge on any atom is -0.495 e. The van der Waals surface area contributed by atoms with Gasteiger partial charge in [-0.05, 0) is 61.6 Å². The number of hydrogen-bond donors (Lipinski definition) is 1. The van der Waals surface area contributed by atoms with Crippen LogP contribution in [0.4, 0.5) is 11.4 Å². The van der Waals surface area contributed by atoms with Crippen molar-refractivity contribution in [2.75, 3.05) is 23.9 Å². The van der Waals surface area contributed by atoms with E-state index in [1.54, 1.807) is 24.3 Å². The van der Waals surface area contributed by atoms with Gasteiger partial charge >= 0.3 is 5.97 Å². The van der Waals surface area contributed by atoms with Gasteiger partial charge in [0.1, 0.15) is 5.75 Å². The van der Waals surface area contributed by atoms with Gasteiger partial charge in [-0.25, -0.2) is 9.69 Å². The molecule has 1 aliphatic heterocycles. The van der Waals surface area contributed by atoms with E-state index in [0.29, 0.717) is 22.1 Å². The van der Waals surface area contributed by atoms with Crippen molar-refractivity contribution in [1.82, 2.24) is 0 Å². The molecule has 0 spiro atoms. The molecule has 2 fully saturated rings. The number of amides is 3. The summed E-state index contributed by atoms with van der Waals surface area (Å²) in [6, 6.07) is 10.9. The summed E-state index contributed by atoms with van der Waals surface area (Å²) in [5.74, 6) is -1.84. The molecule has 2 aromatic carbocycles. The smallest absolute Gasteiger partial charge is 0.338 e. The molecule has 9 heteroatoms. The summed E-state index contributed by atoms with van der Waals surface area (Å²) < 4.78 is 10.3. The lowest BCUT2D eigenvalue weighted by Crippen LogP contribution is -2.33. The zero-order chi connectivity index (χ0) is 24.9. The lowest BCUT2D eigenvalue weighted by Gasteiger charge is -2.19. The number of allylic oxidation sites excluding steroid dienone is 2. The molecule has 2 aliphatic carbocycles. The SMILES string of the molecule is COc1ccc(Cl)cc1NC(=O)COC(=O)c1cccc(N2C(=O)[C@@H]3[C@H](C2=O)[C@@H]2C[C@@H]3C=C2C)c1. The number of carbonyl (C=O) groups is 4. The summed E-state index contributed by atoms with van der Waals surface area (Å²) in [6.45, 7) is 1.47. The molecule has 5 rings (SSSR count). The highest BCUT2D eigenvalue weighted by molar-refractivity contribution is 6.31. The molecule has 1 heterocycles. The Balaban J connectivity index is 1.26. The monoisotopic (exact) mass is 494 g/mol. The molecule has 0 aromatic heterocycles. The molecular weight excluding hydrogens is 472 g/mol. The number of halogens is 1. The number of nitrogens with zero attached hydrogens (tertiary/aromatic N) is 1. The van der Waals surface area contributed by atoms with Gasteiger partial charge in [-0.15, -0.1) is 0 Å². The first kappa shape index (κ1) is 23.1. The Morgan fingerprint density at radius 3 is 2.66 bits per heavy atom. The lowest BCUT2D eigenvalue weighted by atomic mass is 9.82. The van der Waals surface area contributed by atoms with E-state index in [4.69, 9.17) is 21.1 Å². The zero-order valence-electron chi connectivity index (χ0n) is 19.1. The van der Waals surface area contributed by atoms with Crippen LogP contribution in [0.15, 0.2) is 54.1 Å². The highest BCUT2D eigenvalue weighted by Gasteiger charge is 2.60. The Hall–Kier alpha value is -3.65. The Labute approximate surface area is 206 Å². The second kappa shape index (κ2) is 8.85. The van der Waals surface area contributed by atoms with Crippen LogP contribution in [0, 0.1) is 23.7 Å². The molecule has 1 saturated heterocycles. The third kappa shape index (κ3) is 3.97. The van der Waals surface area contributed by atoms with E-state index >= 15 is 0 Å². The van der Waals surface area contributed by atoms with Gasteiger partial charge in [0.15, 0.2) is 6.61 Å². The maximum absolute atomic E-state index is 13.2. The van der Waals surface area contributed by atoms with Crippen molar-refractivity contribution >= 4 is 46.7 Å². The van der Waals surface area contributed by atoms with Crippen molar-refractivity contribution in [2.45, 2.75) is 13.3 Å². The van der Waals surface area contributed by atoms with Crippen LogP contribution in [0.1, 0.15) is 23.7 Å². The molecule has 0 radical (unpaired) electrons. The first-order chi connectivity index (χ1) is 16.8. The van der Waals surface area contributed by atoms with E-state index in [1.807, 2.05) is 6.92 Å². The number of anilines is 2. The standard InChI is InChI=1S/C26H23ClN2O6/c1-13-8-15-10-18(13)23-22(15)24(31)29(25(23)32)17-5-3-4-14(9-17)26(33)35-12-21(30)28-19-11-16(27)6-7-20(19)34-2/h3-9,11,15,18,22-23H,10,12H2,1-2H3,(H,28,30)/t15-,18+,22-,23+/m0/s1. The molecule has 2 bridgehead atoms. The van der Waals surface area contributed by atoms with E-state index in [1.165, 1.54) is 35.8 Å². The maximum Gasteiger partial charge on any atom is 0.338 e. The first-order valence-electron chi connectivity index (χ1n) is 11.2. The van der Waals surface area contributed by atoms with Crippen LogP contribution in [-0.4, -0.2) is 37.4 Å². The summed E-state index contributed by atoms with van der Waals surface area (Å²) in [7, 11) is 1.46. The summed E-state index contributed by atoms with van der Waals surface area (Å²) in [5.41, 5.74) is 1.98. The van der Waals surface area contributed by atoms with Crippen LogP contribution in [0.3, 0.4) is 0 Å². The fourth-order valence-corrected chi connectivity index (χ4v) is 5.65. The molecule has 35 heavy (non-hydrogen) atoms. The number of hydrogen-bond acceptors (Lipinski definition) is 6. The third-order valence-electron chi connectivity index (χ3n) is 6.99. The van der Waals surface area contributed by atoms with Crippen molar-refractivity contribution in [1.29, 1.82) is 0 Å². The number of nitrogens with one attached hydrogen (secondary N) is 1. The molecule has 3 amide bonds. The number of rotatable bonds is 6. The molecule has 1 N–H and O–H groups in total. The van der Waals surface area contributed by atoms with E-state index in [-0.39, 0.29) is 41.0 Å². The van der Waals surface area contributed by atoms with Gasteiger partial charge in [-0.3, -0.25) is 14.4 Å². The summed E-state index contributed by atoms with van der Waals surface area (Å²) in [5, 5.41) is 3.00. The van der Waals surface area contributed by atoms with Crippen LogP contribution in [-0.2, 0) is 19.1 Å². The van der Waals surface area contributed by atoms with E-state index in [2.05, 4.69) is 11.4 Å². The number of esters is 1. The van der Waals surface area contributed by atoms with Crippen LogP contribution in [0.2, 0.25) is 5.02 Å². The highest BCUT2D eigenvalue weighted by atomic mass is 35.5. The third-order valence-corrected chi connectivity index (χ3v) is 7.23. The number of carbonyl (C=O) groups excluding carboxylic acids is 4. The van der Waals surface area contributed by atoms with Gasteiger partial charge in [-0.1, -0.05) is 29.3 Å². The minimum atomic E-state index is -0.753. The molecule has 0 unspecified atom stereocenters. The Kier molecular flexibility index (Phi) is 5.84. The Morgan fingerprint density at radius 2 is 1.89 bits per heavy atom. The number of fused-ring (bicyclic) bond motifs is 5. The summed E-state index contributed by atoms with van der Waals surface area (Å²) in [6.07, 6.45) is 2.96. The molecule has 2 aromatic rings. The van der Waals surface area contributed by atoms with Gasteiger partial charge in [0, 0.05) is 5.02 Å². The second-order valence-electron chi connectivity index (χ2n) is 9.00. The normalized spacial score (nSPS) is 24.3. The van der Waals surface area contributed by atoms with Gasteiger partial charge in [0.05, 0.1) is 35.9 Å². The van der Waals surface area contributed by atoms with E-state index in [9.17, 15) is 19.2 Å². The highest BCUT2D eigenvalue weighted by Crippen LogP contribution is 2.55. The van der Waals surface area contributed by atoms with Gasteiger partial charge in [0.25, 0.3) is 5.91 Å². The topological polar surface area (TPSA) is 102 Å². The Bertz CT molecular complexity index is 1290. The first-order valence-corrected chi connectivity index (χ1v) is 11.6. The zero-order valence-corrected chi connectivity index (χ0v) is 19.9. The molecule has 180 valence electrons. The second-order valence-corrected chi connectivity index (χ2v) is 9.44. The van der Waals surface area contributed by atoms with Crippen LogP contribution < -0.4 is 15.0 Å². The van der Waals surface area contributed by atoms with Crippen molar-refractivity contribution in [3.05, 3.63) is 64.7 Å². The number of imide groups is 1. The molecular formula is C26H23ClN2O6.